The van der Waals surface area contributed by atoms with Crippen molar-refractivity contribution in [2.75, 3.05) is 18.5 Å². The first-order chi connectivity index (χ1) is 8.83. The van der Waals surface area contributed by atoms with E-state index in [1.807, 2.05) is 30.3 Å². The van der Waals surface area contributed by atoms with Crippen LogP contribution in [0.4, 0.5) is 5.82 Å². The number of hydrogen-bond donors (Lipinski definition) is 2. The largest absolute Gasteiger partial charge is 0.376 e. The summed E-state index contributed by atoms with van der Waals surface area (Å²) in [6, 6.07) is 9.55. The lowest BCUT2D eigenvalue weighted by Gasteiger charge is -2.12. The van der Waals surface area contributed by atoms with Crippen LogP contribution in [0, 0.1) is 0 Å². The highest BCUT2D eigenvalue weighted by Crippen LogP contribution is 2.15. The minimum absolute atomic E-state index is 0.0528. The van der Waals surface area contributed by atoms with Crippen LogP contribution in [0.15, 0.2) is 35.1 Å². The van der Waals surface area contributed by atoms with E-state index in [0.29, 0.717) is 0 Å². The molecule has 94 valence electrons. The number of rotatable bonds is 3. The fraction of sp³-hybridized carbons (Fsp3) is 0.357. The van der Waals surface area contributed by atoms with Crippen LogP contribution in [0.25, 0.3) is 10.8 Å². The highest BCUT2D eigenvalue weighted by atomic mass is 16.5. The smallest absolute Gasteiger partial charge is 0.257 e. The number of ether oxygens (including phenoxy) is 1. The maximum absolute atomic E-state index is 11.9. The number of anilines is 1. The zero-order chi connectivity index (χ0) is 12.4. The summed E-state index contributed by atoms with van der Waals surface area (Å²) in [5.41, 5.74) is -0.0528. The second-order valence-corrected chi connectivity index (χ2v) is 4.62. The number of hydrogen-bond acceptors (Lipinski definition) is 3. The maximum atomic E-state index is 11.9. The Bertz CT molecular complexity index is 600. The molecule has 2 heterocycles. The van der Waals surface area contributed by atoms with Crippen molar-refractivity contribution in [2.45, 2.75) is 18.9 Å². The summed E-state index contributed by atoms with van der Waals surface area (Å²) in [4.78, 5) is 14.7. The Kier molecular flexibility index (Phi) is 3.02. The predicted octanol–water partition coefficient (Wildman–Crippen LogP) is 2.12. The second-order valence-electron chi connectivity index (χ2n) is 4.62. The molecule has 1 aliphatic rings. The normalized spacial score (nSPS) is 19.2. The van der Waals surface area contributed by atoms with E-state index in [4.69, 9.17) is 4.74 Å². The Labute approximate surface area is 105 Å². The molecule has 0 aliphatic carbocycles. The van der Waals surface area contributed by atoms with Crippen molar-refractivity contribution < 1.29 is 4.74 Å². The monoisotopic (exact) mass is 244 g/mol. The van der Waals surface area contributed by atoms with Crippen molar-refractivity contribution in [3.8, 4) is 0 Å². The molecule has 2 aromatic rings. The molecule has 0 radical (unpaired) electrons. The molecule has 0 amide bonds. The van der Waals surface area contributed by atoms with Gasteiger partial charge >= 0.3 is 0 Å². The van der Waals surface area contributed by atoms with Gasteiger partial charge in [0.2, 0.25) is 0 Å². The first-order valence-electron chi connectivity index (χ1n) is 6.30. The van der Waals surface area contributed by atoms with E-state index in [2.05, 4.69) is 10.3 Å². The summed E-state index contributed by atoms with van der Waals surface area (Å²) in [6.45, 7) is 1.59. The van der Waals surface area contributed by atoms with E-state index < -0.39 is 0 Å². The van der Waals surface area contributed by atoms with E-state index in [0.717, 1.165) is 42.6 Å². The van der Waals surface area contributed by atoms with Crippen LogP contribution in [0.3, 0.4) is 0 Å². The highest BCUT2D eigenvalue weighted by molar-refractivity contribution is 5.83. The van der Waals surface area contributed by atoms with Crippen LogP contribution < -0.4 is 10.9 Å². The summed E-state index contributed by atoms with van der Waals surface area (Å²) in [6.07, 6.45) is 2.48. The van der Waals surface area contributed by atoms with Crippen molar-refractivity contribution in [1.82, 2.24) is 4.98 Å². The molecule has 1 aliphatic heterocycles. The first kappa shape index (κ1) is 11.3. The standard InChI is InChI=1S/C14H16N2O2/c17-14-12-6-2-1-4-10(12)8-13(16-14)15-9-11-5-3-7-18-11/h1-2,4,6,8,11H,3,5,7,9H2,(H2,15,16,17). The van der Waals surface area contributed by atoms with Crippen LogP contribution >= 0.6 is 0 Å². The van der Waals surface area contributed by atoms with Gasteiger partial charge in [-0.3, -0.25) is 4.79 Å². The van der Waals surface area contributed by atoms with Gasteiger partial charge in [0.15, 0.2) is 0 Å². The van der Waals surface area contributed by atoms with Crippen molar-refractivity contribution in [1.29, 1.82) is 0 Å². The lowest BCUT2D eigenvalue weighted by Crippen LogP contribution is -2.20. The fourth-order valence-corrected chi connectivity index (χ4v) is 2.34. The minimum atomic E-state index is -0.0528. The van der Waals surface area contributed by atoms with Crippen molar-refractivity contribution in [3.05, 3.63) is 40.7 Å². The number of aromatic nitrogens is 1. The van der Waals surface area contributed by atoms with E-state index in [1.54, 1.807) is 0 Å². The Balaban J connectivity index is 1.81. The number of pyridine rings is 1. The number of nitrogens with one attached hydrogen (secondary N) is 2. The molecule has 1 atom stereocenters. The van der Waals surface area contributed by atoms with E-state index in [1.165, 1.54) is 0 Å². The quantitative estimate of drug-likeness (QED) is 0.869. The Morgan fingerprint density at radius 3 is 3.11 bits per heavy atom. The molecular formula is C14H16N2O2. The van der Waals surface area contributed by atoms with Crippen LogP contribution in [0.2, 0.25) is 0 Å². The SMILES string of the molecule is O=c1[nH]c(NCC2CCCO2)cc2ccccc12. The molecule has 1 aromatic carbocycles. The topological polar surface area (TPSA) is 54.1 Å². The Hall–Kier alpha value is -1.81. The zero-order valence-corrected chi connectivity index (χ0v) is 10.1. The van der Waals surface area contributed by atoms with Crippen LogP contribution in [0.1, 0.15) is 12.8 Å². The minimum Gasteiger partial charge on any atom is -0.376 e. The molecule has 1 unspecified atom stereocenters. The molecule has 1 saturated heterocycles. The van der Waals surface area contributed by atoms with Crippen molar-refractivity contribution in [2.24, 2.45) is 0 Å². The highest BCUT2D eigenvalue weighted by Gasteiger charge is 2.14. The number of benzene rings is 1. The van der Waals surface area contributed by atoms with Gasteiger partial charge in [0, 0.05) is 18.5 Å². The summed E-state index contributed by atoms with van der Waals surface area (Å²) in [7, 11) is 0. The molecule has 0 spiro atoms. The summed E-state index contributed by atoms with van der Waals surface area (Å²) in [5.74, 6) is 0.759. The molecule has 1 fully saturated rings. The van der Waals surface area contributed by atoms with E-state index in [9.17, 15) is 4.79 Å². The molecular weight excluding hydrogens is 228 g/mol. The lowest BCUT2D eigenvalue weighted by molar-refractivity contribution is 0.120. The average Bonchev–Trinajstić information content (AvgIpc) is 2.90. The third-order valence-electron chi connectivity index (χ3n) is 3.30. The number of fused-ring (bicyclic) bond motifs is 1. The molecule has 2 N–H and O–H groups in total. The number of H-pyrrole nitrogens is 1. The number of aromatic amines is 1. The Morgan fingerprint density at radius 2 is 2.28 bits per heavy atom. The van der Waals surface area contributed by atoms with Crippen molar-refractivity contribution >= 4 is 16.6 Å². The first-order valence-corrected chi connectivity index (χ1v) is 6.30. The van der Waals surface area contributed by atoms with Gasteiger partial charge in [-0.2, -0.15) is 0 Å². The molecule has 0 bridgehead atoms. The molecule has 4 nitrogen and oxygen atoms in total. The van der Waals surface area contributed by atoms with E-state index in [-0.39, 0.29) is 11.7 Å². The molecule has 0 saturated carbocycles. The third-order valence-corrected chi connectivity index (χ3v) is 3.30. The van der Waals surface area contributed by atoms with Gasteiger partial charge in [0.05, 0.1) is 6.10 Å². The predicted molar refractivity (Wildman–Crippen MR) is 72.0 cm³/mol. The molecule has 18 heavy (non-hydrogen) atoms. The van der Waals surface area contributed by atoms with Gasteiger partial charge < -0.3 is 15.0 Å². The van der Waals surface area contributed by atoms with Gasteiger partial charge in [-0.25, -0.2) is 0 Å². The fourth-order valence-electron chi connectivity index (χ4n) is 2.34. The molecule has 1 aromatic heterocycles. The Morgan fingerprint density at radius 1 is 1.39 bits per heavy atom. The summed E-state index contributed by atoms with van der Waals surface area (Å²) < 4.78 is 5.54. The summed E-state index contributed by atoms with van der Waals surface area (Å²) in [5, 5.41) is 4.92. The molecule has 3 rings (SSSR count). The third kappa shape index (κ3) is 2.24. The maximum Gasteiger partial charge on any atom is 0.257 e. The lowest BCUT2D eigenvalue weighted by atomic mass is 10.2. The van der Waals surface area contributed by atoms with Gasteiger partial charge in [0.1, 0.15) is 5.82 Å². The zero-order valence-electron chi connectivity index (χ0n) is 10.1. The van der Waals surface area contributed by atoms with Gasteiger partial charge in [0.25, 0.3) is 5.56 Å². The van der Waals surface area contributed by atoms with Crippen LogP contribution in [-0.2, 0) is 4.74 Å². The van der Waals surface area contributed by atoms with Gasteiger partial charge in [-0.1, -0.05) is 18.2 Å². The van der Waals surface area contributed by atoms with Crippen molar-refractivity contribution in [3.63, 3.8) is 0 Å². The molecule has 4 heteroatoms. The van der Waals surface area contributed by atoms with Crippen LogP contribution in [-0.4, -0.2) is 24.2 Å². The van der Waals surface area contributed by atoms with Gasteiger partial charge in [-0.05, 0) is 30.4 Å². The summed E-state index contributed by atoms with van der Waals surface area (Å²) >= 11 is 0. The van der Waals surface area contributed by atoms with Crippen LogP contribution in [0.5, 0.6) is 0 Å². The van der Waals surface area contributed by atoms with Gasteiger partial charge in [-0.15, -0.1) is 0 Å². The average molecular weight is 244 g/mol. The van der Waals surface area contributed by atoms with E-state index >= 15 is 0 Å². The second kappa shape index (κ2) is 4.82.